The zero-order valence-corrected chi connectivity index (χ0v) is 28.4. The van der Waals surface area contributed by atoms with Gasteiger partial charge in [-0.2, -0.15) is 0 Å². The molecule has 0 spiro atoms. The molecule has 0 aliphatic rings. The van der Waals surface area contributed by atoms with Crippen LogP contribution in [-0.2, 0) is 9.59 Å². The molecule has 0 saturated carbocycles. The summed E-state index contributed by atoms with van der Waals surface area (Å²) in [5.74, 6) is 2.18. The molecular weight excluding hydrogens is 492 g/mol. The number of primary amides is 2. The van der Waals surface area contributed by atoms with Gasteiger partial charge in [0.1, 0.15) is 0 Å². The summed E-state index contributed by atoms with van der Waals surface area (Å²) in [4.78, 5) is 27.4. The Bertz CT molecular complexity index is 561. The van der Waals surface area contributed by atoms with Gasteiger partial charge in [-0.15, -0.1) is 0 Å². The molecule has 0 aliphatic heterocycles. The molecule has 0 aromatic rings. The first kappa shape index (κ1) is 38.9. The lowest BCUT2D eigenvalue weighted by Gasteiger charge is -2.48. The van der Waals surface area contributed by atoms with Crippen LogP contribution in [-0.4, -0.2) is 11.8 Å². The zero-order chi connectivity index (χ0) is 30.6. The molecule has 0 saturated heterocycles. The molecule has 4 heteroatoms. The minimum absolute atomic E-state index is 0.275. The van der Waals surface area contributed by atoms with Gasteiger partial charge < -0.3 is 11.5 Å². The number of amides is 2. The lowest BCUT2D eigenvalue weighted by molar-refractivity contribution is -0.153. The minimum Gasteiger partial charge on any atom is -0.369 e. The van der Waals surface area contributed by atoms with E-state index in [9.17, 15) is 9.59 Å². The van der Waals surface area contributed by atoms with Crippen molar-refractivity contribution in [2.75, 3.05) is 0 Å². The van der Waals surface area contributed by atoms with Gasteiger partial charge in [-0.05, 0) is 49.4 Å². The number of carbonyl (C=O) groups excluding carboxylic acids is 2. The molecule has 4 nitrogen and oxygen atoms in total. The Morgan fingerprint density at radius 2 is 0.600 bits per heavy atom. The number of hydrogen-bond donors (Lipinski definition) is 2. The van der Waals surface area contributed by atoms with Crippen LogP contribution in [0.4, 0.5) is 0 Å². The first-order valence-electron chi connectivity index (χ1n) is 17.4. The maximum atomic E-state index is 13.7. The molecule has 238 valence electrons. The number of hydrogen-bond acceptors (Lipinski definition) is 2. The first-order chi connectivity index (χ1) is 18.8. The Morgan fingerprint density at radius 1 is 0.400 bits per heavy atom. The molecule has 0 unspecified atom stereocenters. The fourth-order valence-electron chi connectivity index (χ4n) is 6.80. The number of rotatable bonds is 27. The van der Waals surface area contributed by atoms with E-state index in [0.717, 1.165) is 77.0 Å². The first-order valence-corrected chi connectivity index (χ1v) is 17.4. The zero-order valence-electron chi connectivity index (χ0n) is 28.4. The molecule has 0 rings (SSSR count). The molecule has 0 fully saturated rings. The molecule has 4 N–H and O–H groups in total. The van der Waals surface area contributed by atoms with Crippen LogP contribution < -0.4 is 11.5 Å². The van der Waals surface area contributed by atoms with Gasteiger partial charge in [0.05, 0.1) is 10.8 Å². The third kappa shape index (κ3) is 15.2. The van der Waals surface area contributed by atoms with Crippen LogP contribution in [0.3, 0.4) is 0 Å². The van der Waals surface area contributed by atoms with Crippen LogP contribution in [0.15, 0.2) is 0 Å². The van der Waals surface area contributed by atoms with E-state index < -0.39 is 10.8 Å². The van der Waals surface area contributed by atoms with E-state index in [1.807, 2.05) is 0 Å². The average molecular weight is 565 g/mol. The summed E-state index contributed by atoms with van der Waals surface area (Å²) in [6.45, 7) is 18.1. The third-order valence-corrected chi connectivity index (χ3v) is 9.40. The predicted octanol–water partition coefficient (Wildman–Crippen LogP) is 10.4. The summed E-state index contributed by atoms with van der Waals surface area (Å²) in [5, 5.41) is 0. The Hall–Kier alpha value is -1.06. The van der Waals surface area contributed by atoms with E-state index in [2.05, 4.69) is 55.4 Å². The van der Waals surface area contributed by atoms with Gasteiger partial charge >= 0.3 is 0 Å². The highest BCUT2D eigenvalue weighted by atomic mass is 16.2. The van der Waals surface area contributed by atoms with E-state index in [0.29, 0.717) is 49.4 Å². The molecule has 0 radical (unpaired) electrons. The number of unbranched alkanes of at least 4 members (excludes halogenated alkanes) is 8. The Kier molecular flexibility index (Phi) is 21.0. The second kappa shape index (κ2) is 21.6. The van der Waals surface area contributed by atoms with Crippen LogP contribution in [0.5, 0.6) is 0 Å². The maximum Gasteiger partial charge on any atom is 0.224 e. The van der Waals surface area contributed by atoms with E-state index >= 15 is 0 Å². The van der Waals surface area contributed by atoms with Crippen molar-refractivity contribution < 1.29 is 9.59 Å². The van der Waals surface area contributed by atoms with Crippen molar-refractivity contribution in [2.45, 2.75) is 184 Å². The van der Waals surface area contributed by atoms with Crippen LogP contribution in [0.2, 0.25) is 0 Å². The van der Waals surface area contributed by atoms with Crippen molar-refractivity contribution in [1.29, 1.82) is 0 Å². The van der Waals surface area contributed by atoms with E-state index in [1.54, 1.807) is 0 Å². The number of nitrogens with two attached hydrogens (primary N) is 2. The molecule has 0 aromatic carbocycles. The van der Waals surface area contributed by atoms with Gasteiger partial charge in [-0.25, -0.2) is 0 Å². The molecular formula is C36H72N2O2. The molecule has 0 heterocycles. The summed E-state index contributed by atoms with van der Waals surface area (Å²) in [6.07, 6.45) is 20.3. The van der Waals surface area contributed by atoms with Crippen molar-refractivity contribution in [3.05, 3.63) is 0 Å². The summed E-state index contributed by atoms with van der Waals surface area (Å²) in [6, 6.07) is 0. The second-order valence-electron chi connectivity index (χ2n) is 14.9. The molecule has 40 heavy (non-hydrogen) atoms. The van der Waals surface area contributed by atoms with Gasteiger partial charge in [0.2, 0.25) is 11.8 Å². The minimum atomic E-state index is -0.843. The van der Waals surface area contributed by atoms with Gasteiger partial charge in [0.15, 0.2) is 0 Å². The monoisotopic (exact) mass is 565 g/mol. The quantitative estimate of drug-likeness (QED) is 0.0972. The Balaban J connectivity index is 6.14. The van der Waals surface area contributed by atoms with Crippen molar-refractivity contribution >= 4 is 11.8 Å². The molecule has 2 amide bonds. The van der Waals surface area contributed by atoms with Gasteiger partial charge in [-0.1, -0.05) is 158 Å². The molecule has 0 atom stereocenters. The predicted molar refractivity (Wildman–Crippen MR) is 175 cm³/mol. The van der Waals surface area contributed by atoms with Gasteiger partial charge in [0.25, 0.3) is 0 Å². The van der Waals surface area contributed by atoms with E-state index in [1.165, 1.54) is 25.7 Å². The van der Waals surface area contributed by atoms with Crippen molar-refractivity contribution in [3.63, 3.8) is 0 Å². The van der Waals surface area contributed by atoms with E-state index in [-0.39, 0.29) is 11.8 Å². The lowest BCUT2D eigenvalue weighted by Crippen LogP contribution is -2.57. The van der Waals surface area contributed by atoms with Crippen LogP contribution in [0, 0.1) is 34.5 Å². The summed E-state index contributed by atoms with van der Waals surface area (Å²) >= 11 is 0. The van der Waals surface area contributed by atoms with E-state index in [4.69, 9.17) is 11.5 Å². The van der Waals surface area contributed by atoms with Gasteiger partial charge in [-0.3, -0.25) is 9.59 Å². The Morgan fingerprint density at radius 3 is 0.750 bits per heavy atom. The summed E-state index contributed by atoms with van der Waals surface area (Å²) in [5.41, 5.74) is 11.1. The fraction of sp³-hybridized carbons (Fsp3) is 0.944. The Labute approximate surface area is 251 Å². The second-order valence-corrected chi connectivity index (χ2v) is 14.9. The molecule has 0 aromatic heterocycles. The van der Waals surface area contributed by atoms with Crippen molar-refractivity contribution in [1.82, 2.24) is 0 Å². The largest absolute Gasteiger partial charge is 0.369 e. The van der Waals surface area contributed by atoms with Crippen molar-refractivity contribution in [3.8, 4) is 0 Å². The van der Waals surface area contributed by atoms with Crippen molar-refractivity contribution in [2.24, 2.45) is 46.0 Å². The fourth-order valence-corrected chi connectivity index (χ4v) is 6.80. The van der Waals surface area contributed by atoms with Gasteiger partial charge in [0, 0.05) is 0 Å². The highest BCUT2D eigenvalue weighted by Gasteiger charge is 2.57. The number of carbonyl (C=O) groups is 2. The summed E-state index contributed by atoms with van der Waals surface area (Å²) in [7, 11) is 0. The lowest BCUT2D eigenvalue weighted by atomic mass is 9.54. The maximum absolute atomic E-state index is 13.7. The average Bonchev–Trinajstić information content (AvgIpc) is 2.84. The molecule has 0 bridgehead atoms. The highest BCUT2D eigenvalue weighted by molar-refractivity contribution is 5.92. The normalized spacial score (nSPS) is 12.8. The SMILES string of the molecule is CC(C)CCCCCC(CCCCCC(C)C)(C(N)=O)C(CCCCCC(C)C)(CCCCCC(C)C)C(N)=O. The highest BCUT2D eigenvalue weighted by Crippen LogP contribution is 2.53. The van der Waals surface area contributed by atoms with Crippen LogP contribution in [0.1, 0.15) is 184 Å². The standard InChI is InChI=1S/C36H72N2O2/c1-29(2)21-13-9-17-25-35(33(37)39,26-18-10-14-22-30(3)4)36(34(38)40,27-19-11-15-23-31(5)6)28-20-12-16-24-32(7)8/h29-32H,9-28H2,1-8H3,(H2,37,39)(H2,38,40). The summed E-state index contributed by atoms with van der Waals surface area (Å²) < 4.78 is 0. The third-order valence-electron chi connectivity index (χ3n) is 9.40. The van der Waals surface area contributed by atoms with Crippen LogP contribution in [0.25, 0.3) is 0 Å². The topological polar surface area (TPSA) is 86.2 Å². The van der Waals surface area contributed by atoms with Crippen LogP contribution >= 0.6 is 0 Å². The molecule has 0 aliphatic carbocycles. The smallest absolute Gasteiger partial charge is 0.224 e.